The Morgan fingerprint density at radius 1 is 1.40 bits per heavy atom. The summed E-state index contributed by atoms with van der Waals surface area (Å²) >= 11 is 0. The van der Waals surface area contributed by atoms with E-state index in [0.29, 0.717) is 6.17 Å². The third kappa shape index (κ3) is 1.01. The molecular formula is C7H12N2O. The molecule has 3 heteroatoms. The van der Waals surface area contributed by atoms with Gasteiger partial charge < -0.3 is 4.74 Å². The van der Waals surface area contributed by atoms with E-state index in [0.717, 1.165) is 6.61 Å². The van der Waals surface area contributed by atoms with Crippen LogP contribution < -0.4 is 0 Å². The summed E-state index contributed by atoms with van der Waals surface area (Å²) in [5, 5.41) is 0. The maximum absolute atomic E-state index is 5.04. The summed E-state index contributed by atoms with van der Waals surface area (Å²) in [6.45, 7) is 3.16. The number of rotatable bonds is 1. The second kappa shape index (κ2) is 2.58. The monoisotopic (exact) mass is 140 g/mol. The van der Waals surface area contributed by atoms with Gasteiger partial charge in [-0.3, -0.25) is 4.90 Å². The molecule has 1 unspecified atom stereocenters. The van der Waals surface area contributed by atoms with Gasteiger partial charge in [0.25, 0.3) is 0 Å². The molecule has 0 amide bonds. The van der Waals surface area contributed by atoms with Gasteiger partial charge in [-0.25, -0.2) is 4.99 Å². The van der Waals surface area contributed by atoms with Crippen molar-refractivity contribution >= 4 is 6.40 Å². The molecule has 0 aromatic carbocycles. The lowest BCUT2D eigenvalue weighted by Crippen LogP contribution is -2.31. The molecule has 0 spiro atoms. The predicted octanol–water partition coefficient (Wildman–Crippen LogP) is 0.467. The Bertz CT molecular complexity index is 141. The summed E-state index contributed by atoms with van der Waals surface area (Å²) in [7, 11) is 0. The molecule has 0 bridgehead atoms. The topological polar surface area (TPSA) is 24.8 Å². The highest BCUT2D eigenvalue weighted by Gasteiger charge is 2.23. The molecule has 2 heterocycles. The standard InChI is InChI=1S/C7H12N2O/c1-2-4-9(3-1)7-5-10-6-8-7/h6-7H,1-5H2. The van der Waals surface area contributed by atoms with Crippen LogP contribution in [0.3, 0.4) is 0 Å². The summed E-state index contributed by atoms with van der Waals surface area (Å²) < 4.78 is 5.04. The summed E-state index contributed by atoms with van der Waals surface area (Å²) in [4.78, 5) is 6.57. The van der Waals surface area contributed by atoms with Crippen LogP contribution in [0.4, 0.5) is 0 Å². The smallest absolute Gasteiger partial charge is 0.171 e. The van der Waals surface area contributed by atoms with Crippen molar-refractivity contribution in [1.82, 2.24) is 4.90 Å². The first kappa shape index (κ1) is 6.16. The van der Waals surface area contributed by atoms with Gasteiger partial charge >= 0.3 is 0 Å². The highest BCUT2D eigenvalue weighted by atomic mass is 16.5. The largest absolute Gasteiger partial charge is 0.480 e. The molecule has 0 aromatic rings. The average molecular weight is 140 g/mol. The maximum atomic E-state index is 5.04. The van der Waals surface area contributed by atoms with Crippen LogP contribution in [0.15, 0.2) is 4.99 Å². The van der Waals surface area contributed by atoms with Crippen LogP contribution in [0, 0.1) is 0 Å². The third-order valence-corrected chi connectivity index (χ3v) is 2.11. The number of hydrogen-bond acceptors (Lipinski definition) is 3. The summed E-state index contributed by atoms with van der Waals surface area (Å²) in [6.07, 6.45) is 4.56. The number of nitrogens with zero attached hydrogens (tertiary/aromatic N) is 2. The van der Waals surface area contributed by atoms with Crippen LogP contribution in [0.5, 0.6) is 0 Å². The summed E-state index contributed by atoms with van der Waals surface area (Å²) in [5.41, 5.74) is 0. The highest BCUT2D eigenvalue weighted by Crippen LogP contribution is 2.14. The van der Waals surface area contributed by atoms with Crippen molar-refractivity contribution in [2.45, 2.75) is 19.0 Å². The molecule has 1 fully saturated rings. The molecule has 0 radical (unpaired) electrons. The molecule has 3 nitrogen and oxygen atoms in total. The van der Waals surface area contributed by atoms with E-state index in [1.54, 1.807) is 6.40 Å². The van der Waals surface area contributed by atoms with Gasteiger partial charge in [0.05, 0.1) is 0 Å². The maximum Gasteiger partial charge on any atom is 0.171 e. The van der Waals surface area contributed by atoms with Gasteiger partial charge in [-0.15, -0.1) is 0 Å². The number of hydrogen-bond donors (Lipinski definition) is 0. The highest BCUT2D eigenvalue weighted by molar-refractivity contribution is 5.48. The Labute approximate surface area is 60.7 Å². The van der Waals surface area contributed by atoms with Crippen LogP contribution in [-0.4, -0.2) is 37.2 Å². The van der Waals surface area contributed by atoms with E-state index >= 15 is 0 Å². The van der Waals surface area contributed by atoms with Crippen LogP contribution in [0.1, 0.15) is 12.8 Å². The molecule has 10 heavy (non-hydrogen) atoms. The Balaban J connectivity index is 1.91. The fraction of sp³-hybridized carbons (Fsp3) is 0.857. The molecule has 0 aliphatic carbocycles. The van der Waals surface area contributed by atoms with Crippen molar-refractivity contribution in [3.05, 3.63) is 0 Å². The van der Waals surface area contributed by atoms with Crippen molar-refractivity contribution in [1.29, 1.82) is 0 Å². The molecular weight excluding hydrogens is 128 g/mol. The molecule has 1 atom stereocenters. The fourth-order valence-corrected chi connectivity index (χ4v) is 1.52. The molecule has 2 aliphatic rings. The Kier molecular flexibility index (Phi) is 1.59. The normalized spacial score (nSPS) is 33.0. The molecule has 56 valence electrons. The van der Waals surface area contributed by atoms with E-state index in [9.17, 15) is 0 Å². The lowest BCUT2D eigenvalue weighted by Gasteiger charge is -2.18. The van der Waals surface area contributed by atoms with E-state index in [1.165, 1.54) is 25.9 Å². The molecule has 0 saturated carbocycles. The van der Waals surface area contributed by atoms with Crippen molar-refractivity contribution in [2.75, 3.05) is 19.7 Å². The number of ether oxygens (including phenoxy) is 1. The van der Waals surface area contributed by atoms with Crippen molar-refractivity contribution < 1.29 is 4.74 Å². The van der Waals surface area contributed by atoms with Gasteiger partial charge in [-0.05, 0) is 12.8 Å². The first-order chi connectivity index (χ1) is 4.97. The Morgan fingerprint density at radius 2 is 2.20 bits per heavy atom. The van der Waals surface area contributed by atoms with Crippen LogP contribution in [0.25, 0.3) is 0 Å². The van der Waals surface area contributed by atoms with Gasteiger partial charge in [-0.1, -0.05) is 0 Å². The Hall–Kier alpha value is -0.570. The third-order valence-electron chi connectivity index (χ3n) is 2.11. The zero-order valence-electron chi connectivity index (χ0n) is 5.99. The second-order valence-electron chi connectivity index (χ2n) is 2.81. The van der Waals surface area contributed by atoms with Gasteiger partial charge in [-0.2, -0.15) is 0 Å². The average Bonchev–Trinajstić information content (AvgIpc) is 2.59. The van der Waals surface area contributed by atoms with Crippen molar-refractivity contribution in [3.63, 3.8) is 0 Å². The minimum atomic E-state index is 0.336. The lowest BCUT2D eigenvalue weighted by atomic mass is 10.4. The second-order valence-corrected chi connectivity index (χ2v) is 2.81. The minimum absolute atomic E-state index is 0.336. The van der Waals surface area contributed by atoms with E-state index in [4.69, 9.17) is 4.74 Å². The van der Waals surface area contributed by atoms with E-state index in [-0.39, 0.29) is 0 Å². The van der Waals surface area contributed by atoms with Crippen LogP contribution in [-0.2, 0) is 4.74 Å². The molecule has 2 aliphatic heterocycles. The first-order valence-corrected chi connectivity index (χ1v) is 3.84. The molecule has 0 N–H and O–H groups in total. The number of likely N-dealkylation sites (tertiary alicyclic amines) is 1. The van der Waals surface area contributed by atoms with Gasteiger partial charge in [0.2, 0.25) is 0 Å². The summed E-state index contributed by atoms with van der Waals surface area (Å²) in [6, 6.07) is 0. The van der Waals surface area contributed by atoms with Gasteiger partial charge in [0, 0.05) is 13.1 Å². The van der Waals surface area contributed by atoms with E-state index in [1.807, 2.05) is 0 Å². The first-order valence-electron chi connectivity index (χ1n) is 3.84. The lowest BCUT2D eigenvalue weighted by molar-refractivity contribution is 0.193. The van der Waals surface area contributed by atoms with Gasteiger partial charge in [0.1, 0.15) is 12.8 Å². The Morgan fingerprint density at radius 3 is 2.80 bits per heavy atom. The zero-order valence-corrected chi connectivity index (χ0v) is 5.99. The van der Waals surface area contributed by atoms with Gasteiger partial charge in [0.15, 0.2) is 6.40 Å². The molecule has 2 rings (SSSR count). The summed E-state index contributed by atoms with van der Waals surface area (Å²) in [5.74, 6) is 0. The predicted molar refractivity (Wildman–Crippen MR) is 39.0 cm³/mol. The van der Waals surface area contributed by atoms with Crippen molar-refractivity contribution in [3.8, 4) is 0 Å². The molecule has 0 aromatic heterocycles. The fourth-order valence-electron chi connectivity index (χ4n) is 1.52. The number of aliphatic imine (C=N–C) groups is 1. The quantitative estimate of drug-likeness (QED) is 0.529. The van der Waals surface area contributed by atoms with Crippen molar-refractivity contribution in [2.24, 2.45) is 4.99 Å². The zero-order chi connectivity index (χ0) is 6.81. The van der Waals surface area contributed by atoms with E-state index in [2.05, 4.69) is 9.89 Å². The van der Waals surface area contributed by atoms with E-state index < -0.39 is 0 Å². The van der Waals surface area contributed by atoms with Crippen LogP contribution >= 0.6 is 0 Å². The minimum Gasteiger partial charge on any atom is -0.480 e. The van der Waals surface area contributed by atoms with Crippen LogP contribution in [0.2, 0.25) is 0 Å². The SMILES string of the molecule is C1=NC(N2CCCC2)CO1. The molecule has 1 saturated heterocycles.